The highest BCUT2D eigenvalue weighted by molar-refractivity contribution is 6.00. The molecule has 1 amide bonds. The number of fused-ring (bicyclic) bond motifs is 2. The number of hydrogen-bond donors (Lipinski definition) is 1. The van der Waals surface area contributed by atoms with Gasteiger partial charge >= 0.3 is 0 Å². The van der Waals surface area contributed by atoms with Crippen molar-refractivity contribution in [1.29, 1.82) is 0 Å². The maximum absolute atomic E-state index is 13.9. The Balaban J connectivity index is 1.49. The van der Waals surface area contributed by atoms with Gasteiger partial charge < -0.3 is 24.6 Å². The standard InChI is InChI=1S/C25H32N4O3/c1-31-21-6-2-4-18(7-9-21)25(30)29-17-19-5-3-11-26-24(19)27-22-10-8-20(16-23(22)29)28-12-14-32-15-13-28/h3,5,8,10-11,16,18,21H,2,4,6-7,9,12-15,17H2,1H3,(H,26,27). The van der Waals surface area contributed by atoms with Crippen LogP contribution in [0.2, 0.25) is 0 Å². The van der Waals surface area contributed by atoms with E-state index in [0.717, 1.165) is 86.9 Å². The molecule has 2 aliphatic heterocycles. The summed E-state index contributed by atoms with van der Waals surface area (Å²) in [7, 11) is 1.78. The third-order valence-corrected chi connectivity index (χ3v) is 6.99. The van der Waals surface area contributed by atoms with Crippen molar-refractivity contribution in [2.24, 2.45) is 5.92 Å². The predicted molar refractivity (Wildman–Crippen MR) is 126 cm³/mol. The predicted octanol–water partition coefficient (Wildman–Crippen LogP) is 4.10. The van der Waals surface area contributed by atoms with E-state index < -0.39 is 0 Å². The second kappa shape index (κ2) is 9.46. The van der Waals surface area contributed by atoms with E-state index in [4.69, 9.17) is 9.47 Å². The third kappa shape index (κ3) is 4.32. The molecule has 2 fully saturated rings. The van der Waals surface area contributed by atoms with Crippen LogP contribution in [0.25, 0.3) is 0 Å². The maximum Gasteiger partial charge on any atom is 0.230 e. The summed E-state index contributed by atoms with van der Waals surface area (Å²) in [5.74, 6) is 1.05. The number of benzene rings is 1. The summed E-state index contributed by atoms with van der Waals surface area (Å²) in [6.07, 6.45) is 6.86. The van der Waals surface area contributed by atoms with Gasteiger partial charge in [0.1, 0.15) is 5.82 Å². The lowest BCUT2D eigenvalue weighted by atomic mass is 9.97. The zero-order valence-corrected chi connectivity index (χ0v) is 18.8. The maximum atomic E-state index is 13.9. The van der Waals surface area contributed by atoms with Gasteiger partial charge in [-0.15, -0.1) is 0 Å². The minimum atomic E-state index is 0.0215. The Kier molecular flexibility index (Phi) is 6.28. The summed E-state index contributed by atoms with van der Waals surface area (Å²) < 4.78 is 11.1. The van der Waals surface area contributed by atoms with Crippen LogP contribution in [0.4, 0.5) is 22.9 Å². The minimum absolute atomic E-state index is 0.0215. The Labute approximate surface area is 189 Å². The molecule has 7 nitrogen and oxygen atoms in total. The molecule has 3 heterocycles. The molecule has 3 aliphatic rings. The fourth-order valence-electron chi connectivity index (χ4n) is 5.10. The number of morpholine rings is 1. The first-order valence-corrected chi connectivity index (χ1v) is 11.7. The third-order valence-electron chi connectivity index (χ3n) is 6.99. The Morgan fingerprint density at radius 1 is 1.16 bits per heavy atom. The first-order chi connectivity index (χ1) is 15.7. The van der Waals surface area contributed by atoms with Gasteiger partial charge in [0.05, 0.1) is 37.2 Å². The molecule has 1 saturated carbocycles. The van der Waals surface area contributed by atoms with E-state index >= 15 is 0 Å². The highest BCUT2D eigenvalue weighted by Gasteiger charge is 2.32. The topological polar surface area (TPSA) is 66.9 Å². The first-order valence-electron chi connectivity index (χ1n) is 11.7. The van der Waals surface area contributed by atoms with Crippen molar-refractivity contribution in [3.63, 3.8) is 0 Å². The van der Waals surface area contributed by atoms with Gasteiger partial charge in [-0.1, -0.05) is 12.5 Å². The zero-order chi connectivity index (χ0) is 21.9. The van der Waals surface area contributed by atoms with Gasteiger partial charge in [0.2, 0.25) is 5.91 Å². The molecule has 0 spiro atoms. The molecule has 5 rings (SSSR count). The number of ether oxygens (including phenoxy) is 2. The van der Waals surface area contributed by atoms with E-state index in [-0.39, 0.29) is 17.9 Å². The summed E-state index contributed by atoms with van der Waals surface area (Å²) in [4.78, 5) is 22.8. The molecule has 7 heteroatoms. The summed E-state index contributed by atoms with van der Waals surface area (Å²) in [6, 6.07) is 10.4. The largest absolute Gasteiger partial charge is 0.381 e. The van der Waals surface area contributed by atoms with Crippen molar-refractivity contribution in [1.82, 2.24) is 4.98 Å². The second-order valence-corrected chi connectivity index (χ2v) is 8.92. The van der Waals surface area contributed by atoms with E-state index in [0.29, 0.717) is 6.54 Å². The summed E-state index contributed by atoms with van der Waals surface area (Å²) >= 11 is 0. The van der Waals surface area contributed by atoms with Gasteiger partial charge in [0.15, 0.2) is 0 Å². The second-order valence-electron chi connectivity index (χ2n) is 8.92. The number of anilines is 4. The van der Waals surface area contributed by atoms with Gasteiger partial charge in [-0.25, -0.2) is 4.98 Å². The molecule has 1 aromatic carbocycles. The van der Waals surface area contributed by atoms with Crippen LogP contribution in [0.5, 0.6) is 0 Å². The van der Waals surface area contributed by atoms with Crippen molar-refractivity contribution in [2.45, 2.75) is 44.8 Å². The number of nitrogens with zero attached hydrogens (tertiary/aromatic N) is 3. The number of carbonyl (C=O) groups is 1. The van der Waals surface area contributed by atoms with Crippen LogP contribution in [0.3, 0.4) is 0 Å². The molecule has 32 heavy (non-hydrogen) atoms. The van der Waals surface area contributed by atoms with Crippen LogP contribution in [0.1, 0.15) is 37.7 Å². The van der Waals surface area contributed by atoms with Gasteiger partial charge in [0.25, 0.3) is 0 Å². The molecule has 2 atom stereocenters. The van der Waals surface area contributed by atoms with E-state index in [1.807, 2.05) is 11.0 Å². The lowest BCUT2D eigenvalue weighted by molar-refractivity contribution is -0.123. The van der Waals surface area contributed by atoms with Crippen LogP contribution >= 0.6 is 0 Å². The van der Waals surface area contributed by atoms with Crippen LogP contribution in [0, 0.1) is 5.92 Å². The summed E-state index contributed by atoms with van der Waals surface area (Å²) in [5.41, 5.74) is 4.03. The van der Waals surface area contributed by atoms with Crippen LogP contribution < -0.4 is 15.1 Å². The average molecular weight is 437 g/mol. The molecule has 2 unspecified atom stereocenters. The van der Waals surface area contributed by atoms with E-state index in [1.165, 1.54) is 0 Å². The fourth-order valence-corrected chi connectivity index (χ4v) is 5.10. The zero-order valence-electron chi connectivity index (χ0n) is 18.8. The normalized spacial score (nSPS) is 23.4. The number of pyridine rings is 1. The smallest absolute Gasteiger partial charge is 0.230 e. The number of hydrogen-bond acceptors (Lipinski definition) is 6. The summed E-state index contributed by atoms with van der Waals surface area (Å²) in [5, 5.41) is 3.48. The van der Waals surface area contributed by atoms with Crippen molar-refractivity contribution in [3.05, 3.63) is 42.1 Å². The van der Waals surface area contributed by atoms with Crippen molar-refractivity contribution >= 4 is 28.8 Å². The van der Waals surface area contributed by atoms with Crippen LogP contribution in [-0.2, 0) is 20.8 Å². The molecule has 0 radical (unpaired) electrons. The molecule has 0 bridgehead atoms. The van der Waals surface area contributed by atoms with Gasteiger partial charge in [-0.3, -0.25) is 4.79 Å². The summed E-state index contributed by atoms with van der Waals surface area (Å²) in [6.45, 7) is 3.72. The highest BCUT2D eigenvalue weighted by Crippen LogP contribution is 2.39. The molecule has 1 aromatic heterocycles. The average Bonchev–Trinajstić information content (AvgIpc) is 3.18. The number of rotatable bonds is 3. The van der Waals surface area contributed by atoms with Crippen LogP contribution in [-0.4, -0.2) is 50.4 Å². The Morgan fingerprint density at radius 3 is 2.88 bits per heavy atom. The molecular weight excluding hydrogens is 404 g/mol. The van der Waals surface area contributed by atoms with E-state index in [9.17, 15) is 4.79 Å². The molecule has 2 aromatic rings. The Hall–Kier alpha value is -2.64. The number of carbonyl (C=O) groups excluding carboxylic acids is 1. The quantitative estimate of drug-likeness (QED) is 0.731. The van der Waals surface area contributed by atoms with Crippen molar-refractivity contribution in [3.8, 4) is 0 Å². The SMILES string of the molecule is COC1CCCC(C(=O)N2Cc3cccnc3Nc3ccc(N4CCOCC4)cc32)CC1. The monoisotopic (exact) mass is 436 g/mol. The highest BCUT2D eigenvalue weighted by atomic mass is 16.5. The van der Waals surface area contributed by atoms with E-state index in [2.05, 4.69) is 39.5 Å². The fraction of sp³-hybridized carbons (Fsp3) is 0.520. The Morgan fingerprint density at radius 2 is 2.03 bits per heavy atom. The minimum Gasteiger partial charge on any atom is -0.381 e. The molecular formula is C25H32N4O3. The van der Waals surface area contributed by atoms with Gasteiger partial charge in [-0.05, 0) is 49.9 Å². The first kappa shape index (κ1) is 21.2. The lowest BCUT2D eigenvalue weighted by Gasteiger charge is -2.31. The molecule has 1 saturated heterocycles. The van der Waals surface area contributed by atoms with Gasteiger partial charge in [0, 0.05) is 43.6 Å². The molecule has 1 aliphatic carbocycles. The molecule has 1 N–H and O–H groups in total. The Bertz CT molecular complexity index is 960. The number of nitrogens with one attached hydrogen (secondary N) is 1. The lowest BCUT2D eigenvalue weighted by Crippen LogP contribution is -2.37. The van der Waals surface area contributed by atoms with E-state index in [1.54, 1.807) is 13.3 Å². The van der Waals surface area contributed by atoms with Crippen molar-refractivity contribution in [2.75, 3.05) is 48.5 Å². The molecule has 170 valence electrons. The number of aromatic nitrogens is 1. The van der Waals surface area contributed by atoms with Crippen LogP contribution in [0.15, 0.2) is 36.5 Å². The van der Waals surface area contributed by atoms with Crippen molar-refractivity contribution < 1.29 is 14.3 Å². The number of amides is 1. The number of methoxy groups -OCH3 is 1. The van der Waals surface area contributed by atoms with Gasteiger partial charge in [-0.2, -0.15) is 0 Å².